The Morgan fingerprint density at radius 2 is 2.20 bits per heavy atom. The van der Waals surface area contributed by atoms with Crippen LogP contribution in [-0.4, -0.2) is 46.3 Å². The van der Waals surface area contributed by atoms with Crippen LogP contribution >= 0.6 is 23.4 Å². The van der Waals surface area contributed by atoms with Gasteiger partial charge in [-0.15, -0.1) is 11.8 Å². The molecule has 0 unspecified atom stereocenters. The number of nitrogens with zero attached hydrogens (tertiary/aromatic N) is 1. The lowest BCUT2D eigenvalue weighted by atomic mass is 10.1. The number of carbonyl (C=O) groups is 2. The number of carboxylic acid groups (broad SMARTS) is 1. The molecule has 3 rings (SSSR count). The van der Waals surface area contributed by atoms with Crippen molar-refractivity contribution in [3.8, 4) is 11.5 Å². The van der Waals surface area contributed by atoms with E-state index in [1.54, 1.807) is 0 Å². The molecule has 8 heteroatoms. The van der Waals surface area contributed by atoms with Crippen LogP contribution in [0.5, 0.6) is 11.5 Å². The summed E-state index contributed by atoms with van der Waals surface area (Å²) in [6.45, 7) is 0.0595. The summed E-state index contributed by atoms with van der Waals surface area (Å²) in [5.41, 5.74) is 0.299. The highest BCUT2D eigenvalue weighted by Gasteiger charge is 2.35. The summed E-state index contributed by atoms with van der Waals surface area (Å²) in [7, 11) is 0. The molecule has 0 bridgehead atoms. The molecule has 0 radical (unpaired) electrons. The van der Waals surface area contributed by atoms with E-state index in [-0.39, 0.29) is 17.7 Å². The van der Waals surface area contributed by atoms with E-state index in [0.29, 0.717) is 28.7 Å². The van der Waals surface area contributed by atoms with Gasteiger partial charge in [-0.25, -0.2) is 4.79 Å². The fourth-order valence-electron chi connectivity index (χ4n) is 2.10. The van der Waals surface area contributed by atoms with Gasteiger partial charge in [0.25, 0.3) is 5.91 Å². The number of hydrogen-bond donors (Lipinski definition) is 1. The molecule has 1 N–H and O–H groups in total. The molecule has 106 valence electrons. The number of halogens is 1. The third kappa shape index (κ3) is 2.16. The minimum absolute atomic E-state index is 0.0595. The molecule has 1 aromatic carbocycles. The highest BCUT2D eigenvalue weighted by Crippen LogP contribution is 2.40. The highest BCUT2D eigenvalue weighted by molar-refractivity contribution is 7.99. The Morgan fingerprint density at radius 1 is 1.40 bits per heavy atom. The number of carboxylic acids is 1. The van der Waals surface area contributed by atoms with Crippen molar-refractivity contribution < 1.29 is 24.2 Å². The molecule has 0 saturated carbocycles. The van der Waals surface area contributed by atoms with Crippen LogP contribution in [0.15, 0.2) is 12.1 Å². The zero-order valence-electron chi connectivity index (χ0n) is 10.2. The maximum atomic E-state index is 12.4. The van der Waals surface area contributed by atoms with Gasteiger partial charge in [0.05, 0.1) is 10.9 Å². The standard InChI is InChI=1S/C12H10ClNO5S/c13-7-1-6(2-9-10(7)19-5-18-9)11(15)14-4-20-3-8(14)12(16)17/h1-2,8H,3-5H2,(H,16,17)/t8-/m0/s1. The van der Waals surface area contributed by atoms with Crippen molar-refractivity contribution in [3.05, 3.63) is 22.7 Å². The van der Waals surface area contributed by atoms with Crippen LogP contribution in [0.1, 0.15) is 10.4 Å². The van der Waals surface area contributed by atoms with Gasteiger partial charge in [0.2, 0.25) is 6.79 Å². The fraction of sp³-hybridized carbons (Fsp3) is 0.333. The van der Waals surface area contributed by atoms with Gasteiger partial charge in [0.15, 0.2) is 11.5 Å². The van der Waals surface area contributed by atoms with Crippen LogP contribution in [0.3, 0.4) is 0 Å². The first kappa shape index (κ1) is 13.4. The van der Waals surface area contributed by atoms with Crippen molar-refractivity contribution in [2.75, 3.05) is 18.4 Å². The van der Waals surface area contributed by atoms with E-state index in [0.717, 1.165) is 0 Å². The van der Waals surface area contributed by atoms with Crippen molar-refractivity contribution in [3.63, 3.8) is 0 Å². The number of fused-ring (bicyclic) bond motifs is 1. The van der Waals surface area contributed by atoms with Gasteiger partial charge in [0, 0.05) is 11.3 Å². The largest absolute Gasteiger partial charge is 0.480 e. The number of hydrogen-bond acceptors (Lipinski definition) is 5. The molecule has 0 aliphatic carbocycles. The Labute approximate surface area is 123 Å². The minimum Gasteiger partial charge on any atom is -0.480 e. The number of rotatable bonds is 2. The maximum Gasteiger partial charge on any atom is 0.327 e. The fourth-order valence-corrected chi connectivity index (χ4v) is 3.51. The van der Waals surface area contributed by atoms with Crippen molar-refractivity contribution in [1.29, 1.82) is 0 Å². The van der Waals surface area contributed by atoms with Gasteiger partial charge >= 0.3 is 5.97 Å². The van der Waals surface area contributed by atoms with E-state index in [2.05, 4.69) is 0 Å². The molecule has 20 heavy (non-hydrogen) atoms. The van der Waals surface area contributed by atoms with Gasteiger partial charge in [-0.3, -0.25) is 4.79 Å². The average molecular weight is 316 g/mol. The summed E-state index contributed by atoms with van der Waals surface area (Å²) in [6, 6.07) is 2.19. The molecule has 1 saturated heterocycles. The van der Waals surface area contributed by atoms with Gasteiger partial charge in [-0.2, -0.15) is 0 Å². The van der Waals surface area contributed by atoms with E-state index in [1.165, 1.54) is 28.8 Å². The lowest BCUT2D eigenvalue weighted by Crippen LogP contribution is -2.41. The summed E-state index contributed by atoms with van der Waals surface area (Å²) in [6.07, 6.45) is 0. The smallest absolute Gasteiger partial charge is 0.327 e. The first-order valence-corrected chi connectivity index (χ1v) is 7.32. The van der Waals surface area contributed by atoms with Gasteiger partial charge < -0.3 is 19.5 Å². The lowest BCUT2D eigenvalue weighted by molar-refractivity contribution is -0.140. The van der Waals surface area contributed by atoms with Crippen LogP contribution in [0, 0.1) is 0 Å². The summed E-state index contributed by atoms with van der Waals surface area (Å²) < 4.78 is 10.4. The second-order valence-corrected chi connectivity index (χ2v) is 5.73. The molecule has 0 spiro atoms. The van der Waals surface area contributed by atoms with E-state index < -0.39 is 12.0 Å². The van der Waals surface area contributed by atoms with E-state index >= 15 is 0 Å². The lowest BCUT2D eigenvalue weighted by Gasteiger charge is -2.20. The van der Waals surface area contributed by atoms with Crippen molar-refractivity contribution in [1.82, 2.24) is 4.90 Å². The molecular weight excluding hydrogens is 306 g/mol. The number of aliphatic carboxylic acids is 1. The molecule has 2 aliphatic rings. The zero-order chi connectivity index (χ0) is 14.3. The van der Waals surface area contributed by atoms with Crippen LogP contribution < -0.4 is 9.47 Å². The number of benzene rings is 1. The summed E-state index contributed by atoms with van der Waals surface area (Å²) in [4.78, 5) is 24.9. The summed E-state index contributed by atoms with van der Waals surface area (Å²) >= 11 is 7.43. The number of carbonyl (C=O) groups excluding carboxylic acids is 1. The first-order chi connectivity index (χ1) is 9.58. The van der Waals surface area contributed by atoms with Crippen LogP contribution in [0.25, 0.3) is 0 Å². The van der Waals surface area contributed by atoms with Crippen molar-refractivity contribution >= 4 is 35.2 Å². The molecule has 1 amide bonds. The monoisotopic (exact) mass is 315 g/mol. The Balaban J connectivity index is 1.91. The first-order valence-electron chi connectivity index (χ1n) is 5.78. The topological polar surface area (TPSA) is 76.1 Å². The Morgan fingerprint density at radius 3 is 2.95 bits per heavy atom. The Bertz CT molecular complexity index is 593. The molecular formula is C12H10ClNO5S. The van der Waals surface area contributed by atoms with E-state index in [1.807, 2.05) is 0 Å². The number of amides is 1. The molecule has 1 atom stereocenters. The SMILES string of the molecule is O=C(O)[C@@H]1CSCN1C(=O)c1cc(Cl)c2c(c1)OCO2. The second-order valence-electron chi connectivity index (χ2n) is 4.32. The molecule has 0 aromatic heterocycles. The summed E-state index contributed by atoms with van der Waals surface area (Å²) in [5.74, 6) is 0.174. The van der Waals surface area contributed by atoms with Crippen molar-refractivity contribution in [2.45, 2.75) is 6.04 Å². The Kier molecular flexibility index (Phi) is 3.39. The Hall–Kier alpha value is -1.60. The third-order valence-corrected chi connectivity index (χ3v) is 4.40. The maximum absolute atomic E-state index is 12.4. The second kappa shape index (κ2) is 5.06. The van der Waals surface area contributed by atoms with Crippen LogP contribution in [0.2, 0.25) is 5.02 Å². The quantitative estimate of drug-likeness (QED) is 0.894. The van der Waals surface area contributed by atoms with Crippen LogP contribution in [-0.2, 0) is 4.79 Å². The number of ether oxygens (including phenoxy) is 2. The van der Waals surface area contributed by atoms with Crippen molar-refractivity contribution in [2.24, 2.45) is 0 Å². The normalized spacial score (nSPS) is 20.2. The summed E-state index contributed by atoms with van der Waals surface area (Å²) in [5, 5.41) is 9.39. The van der Waals surface area contributed by atoms with Gasteiger partial charge in [0.1, 0.15) is 6.04 Å². The minimum atomic E-state index is -1.00. The predicted octanol–water partition coefficient (Wildman–Crippen LogP) is 1.67. The highest BCUT2D eigenvalue weighted by atomic mass is 35.5. The molecule has 1 aromatic rings. The molecule has 2 aliphatic heterocycles. The molecule has 2 heterocycles. The molecule has 6 nitrogen and oxygen atoms in total. The average Bonchev–Trinajstić information content (AvgIpc) is 3.06. The van der Waals surface area contributed by atoms with Gasteiger partial charge in [-0.1, -0.05) is 11.6 Å². The van der Waals surface area contributed by atoms with E-state index in [9.17, 15) is 9.59 Å². The zero-order valence-corrected chi connectivity index (χ0v) is 11.7. The van der Waals surface area contributed by atoms with E-state index in [4.69, 9.17) is 26.2 Å². The predicted molar refractivity (Wildman–Crippen MR) is 72.5 cm³/mol. The van der Waals surface area contributed by atoms with Crippen LogP contribution in [0.4, 0.5) is 0 Å². The van der Waals surface area contributed by atoms with Gasteiger partial charge in [-0.05, 0) is 12.1 Å². The third-order valence-electron chi connectivity index (χ3n) is 3.10. The molecule has 1 fully saturated rings. The number of thioether (sulfide) groups is 1.